The third-order valence-corrected chi connectivity index (χ3v) is 6.42. The zero-order valence-electron chi connectivity index (χ0n) is 16.1. The highest BCUT2D eigenvalue weighted by atomic mass is 32.2. The summed E-state index contributed by atoms with van der Waals surface area (Å²) in [5.74, 6) is 0.872. The second kappa shape index (κ2) is 9.17. The molecule has 27 heavy (non-hydrogen) atoms. The van der Waals surface area contributed by atoms with E-state index in [0.29, 0.717) is 12.5 Å². The first-order valence-electron chi connectivity index (χ1n) is 9.90. The minimum atomic E-state index is -3.15. The van der Waals surface area contributed by atoms with Gasteiger partial charge >= 0.3 is 0 Å². The van der Waals surface area contributed by atoms with Gasteiger partial charge in [0.1, 0.15) is 0 Å². The molecule has 0 bridgehead atoms. The van der Waals surface area contributed by atoms with Crippen LogP contribution in [0.25, 0.3) is 0 Å². The molecule has 2 fully saturated rings. The predicted octanol–water partition coefficient (Wildman–Crippen LogP) is 1.48. The molecular weight excluding hydrogens is 362 g/mol. The first kappa shape index (κ1) is 20.3. The molecule has 2 heterocycles. The molecule has 1 aromatic rings. The number of benzene rings is 1. The van der Waals surface area contributed by atoms with Gasteiger partial charge in [0.2, 0.25) is 15.9 Å². The van der Waals surface area contributed by atoms with E-state index in [4.69, 9.17) is 0 Å². The van der Waals surface area contributed by atoms with E-state index >= 15 is 0 Å². The van der Waals surface area contributed by atoms with E-state index in [1.807, 2.05) is 11.0 Å². The number of piperidine rings is 2. The number of carbonyl (C=O) groups excluding carboxylic acids is 1. The van der Waals surface area contributed by atoms with Crippen molar-refractivity contribution in [2.24, 2.45) is 5.92 Å². The molecule has 0 unspecified atom stereocenters. The topological polar surface area (TPSA) is 69.7 Å². The Morgan fingerprint density at radius 1 is 1.04 bits per heavy atom. The summed E-state index contributed by atoms with van der Waals surface area (Å²) in [6, 6.07) is 10.6. The number of nitrogens with zero attached hydrogens (tertiary/aromatic N) is 2. The van der Waals surface area contributed by atoms with Gasteiger partial charge in [0.15, 0.2) is 0 Å². The van der Waals surface area contributed by atoms with Crippen LogP contribution >= 0.6 is 0 Å². The van der Waals surface area contributed by atoms with Crippen molar-refractivity contribution in [1.82, 2.24) is 14.5 Å². The highest BCUT2D eigenvalue weighted by molar-refractivity contribution is 7.88. The average Bonchev–Trinajstić information content (AvgIpc) is 2.63. The predicted molar refractivity (Wildman–Crippen MR) is 107 cm³/mol. The van der Waals surface area contributed by atoms with Gasteiger partial charge in [-0.05, 0) is 43.6 Å². The Morgan fingerprint density at radius 3 is 2.26 bits per heavy atom. The van der Waals surface area contributed by atoms with Crippen LogP contribution in [0.3, 0.4) is 0 Å². The van der Waals surface area contributed by atoms with Crippen molar-refractivity contribution in [2.75, 3.05) is 39.0 Å². The number of rotatable bonds is 6. The summed E-state index contributed by atoms with van der Waals surface area (Å²) in [5.41, 5.74) is 1.38. The van der Waals surface area contributed by atoms with Gasteiger partial charge in [-0.2, -0.15) is 0 Å². The molecule has 1 N–H and O–H groups in total. The van der Waals surface area contributed by atoms with Gasteiger partial charge in [-0.1, -0.05) is 30.3 Å². The number of hydrogen-bond acceptors (Lipinski definition) is 4. The third kappa shape index (κ3) is 6.59. The molecule has 0 radical (unpaired) electrons. The van der Waals surface area contributed by atoms with E-state index in [1.165, 1.54) is 11.8 Å². The second-order valence-electron chi connectivity index (χ2n) is 7.95. The molecule has 2 aliphatic rings. The number of sulfonamides is 1. The van der Waals surface area contributed by atoms with Crippen LogP contribution in [0.2, 0.25) is 0 Å². The Kier molecular flexibility index (Phi) is 6.89. The van der Waals surface area contributed by atoms with E-state index in [2.05, 4.69) is 33.9 Å². The SMILES string of the molecule is CS(=O)(=O)NC1CCN(CC(=O)N2CCC(Cc3ccccc3)CC2)CC1. The Bertz CT molecular complexity index is 707. The summed E-state index contributed by atoms with van der Waals surface area (Å²) in [6.45, 7) is 3.69. The standard InChI is InChI=1S/C20H31N3O3S/c1-27(25,26)21-19-9-11-22(12-10-19)16-20(24)23-13-7-18(8-14-23)15-17-5-3-2-4-6-17/h2-6,18-19,21H,7-16H2,1H3. The molecule has 6 nitrogen and oxygen atoms in total. The number of amides is 1. The fourth-order valence-corrected chi connectivity index (χ4v) is 4.98. The maximum atomic E-state index is 12.6. The summed E-state index contributed by atoms with van der Waals surface area (Å²) in [6.07, 6.45) is 5.97. The summed E-state index contributed by atoms with van der Waals surface area (Å²) < 4.78 is 25.3. The van der Waals surface area contributed by atoms with E-state index in [-0.39, 0.29) is 11.9 Å². The molecule has 2 aliphatic heterocycles. The lowest BCUT2D eigenvalue weighted by molar-refractivity contribution is -0.134. The van der Waals surface area contributed by atoms with Crippen LogP contribution < -0.4 is 4.72 Å². The molecule has 0 aliphatic carbocycles. The van der Waals surface area contributed by atoms with Crippen LogP contribution in [-0.2, 0) is 21.2 Å². The Hall–Kier alpha value is -1.44. The van der Waals surface area contributed by atoms with Crippen LogP contribution in [-0.4, -0.2) is 69.1 Å². The Balaban J connectivity index is 1.37. The average molecular weight is 394 g/mol. The lowest BCUT2D eigenvalue weighted by Gasteiger charge is -2.35. The van der Waals surface area contributed by atoms with Gasteiger partial charge in [-0.25, -0.2) is 13.1 Å². The molecule has 0 atom stereocenters. The monoisotopic (exact) mass is 393 g/mol. The number of carbonyl (C=O) groups is 1. The van der Waals surface area contributed by atoms with Gasteiger partial charge in [0.25, 0.3) is 0 Å². The highest BCUT2D eigenvalue weighted by Crippen LogP contribution is 2.22. The quantitative estimate of drug-likeness (QED) is 0.795. The maximum absolute atomic E-state index is 12.6. The molecule has 0 aromatic heterocycles. The molecule has 2 saturated heterocycles. The molecule has 1 aromatic carbocycles. The first-order valence-corrected chi connectivity index (χ1v) is 11.8. The minimum Gasteiger partial charge on any atom is -0.342 e. The van der Waals surface area contributed by atoms with Crippen LogP contribution in [0.15, 0.2) is 30.3 Å². The second-order valence-corrected chi connectivity index (χ2v) is 9.73. The van der Waals surface area contributed by atoms with Crippen LogP contribution in [0, 0.1) is 5.92 Å². The maximum Gasteiger partial charge on any atom is 0.236 e. The van der Waals surface area contributed by atoms with Crippen molar-refractivity contribution in [3.63, 3.8) is 0 Å². The van der Waals surface area contributed by atoms with Gasteiger partial charge < -0.3 is 4.90 Å². The zero-order valence-corrected chi connectivity index (χ0v) is 17.0. The zero-order chi connectivity index (χ0) is 19.3. The Morgan fingerprint density at radius 2 is 1.67 bits per heavy atom. The lowest BCUT2D eigenvalue weighted by atomic mass is 9.90. The van der Waals surface area contributed by atoms with E-state index in [0.717, 1.165) is 58.3 Å². The minimum absolute atomic E-state index is 0.0000773. The summed E-state index contributed by atoms with van der Waals surface area (Å²) in [5, 5.41) is 0. The van der Waals surface area contributed by atoms with Gasteiger partial charge in [-0.15, -0.1) is 0 Å². The molecule has 0 saturated carbocycles. The van der Waals surface area contributed by atoms with Gasteiger partial charge in [-0.3, -0.25) is 9.69 Å². The summed E-state index contributed by atoms with van der Waals surface area (Å²) in [4.78, 5) is 16.8. The van der Waals surface area contributed by atoms with Crippen molar-refractivity contribution in [3.8, 4) is 0 Å². The van der Waals surface area contributed by atoms with Crippen molar-refractivity contribution < 1.29 is 13.2 Å². The molecule has 0 spiro atoms. The van der Waals surface area contributed by atoms with E-state index < -0.39 is 10.0 Å². The molecule has 150 valence electrons. The van der Waals surface area contributed by atoms with E-state index in [9.17, 15) is 13.2 Å². The van der Waals surface area contributed by atoms with Crippen molar-refractivity contribution in [1.29, 1.82) is 0 Å². The first-order chi connectivity index (χ1) is 12.9. The molecular formula is C20H31N3O3S. The summed E-state index contributed by atoms with van der Waals surface area (Å²) >= 11 is 0. The van der Waals surface area contributed by atoms with Crippen LogP contribution in [0.1, 0.15) is 31.2 Å². The van der Waals surface area contributed by atoms with Crippen molar-refractivity contribution in [3.05, 3.63) is 35.9 Å². The van der Waals surface area contributed by atoms with Crippen molar-refractivity contribution >= 4 is 15.9 Å². The third-order valence-electron chi connectivity index (χ3n) is 5.66. The van der Waals surface area contributed by atoms with Crippen LogP contribution in [0.5, 0.6) is 0 Å². The number of likely N-dealkylation sites (tertiary alicyclic amines) is 2. The normalized spacial score (nSPS) is 20.7. The smallest absolute Gasteiger partial charge is 0.236 e. The number of hydrogen-bond donors (Lipinski definition) is 1. The Labute approximate surface area is 163 Å². The van der Waals surface area contributed by atoms with Gasteiger partial charge in [0.05, 0.1) is 12.8 Å². The fraction of sp³-hybridized carbons (Fsp3) is 0.650. The van der Waals surface area contributed by atoms with Crippen LogP contribution in [0.4, 0.5) is 0 Å². The fourth-order valence-electron chi connectivity index (χ4n) is 4.14. The number of nitrogens with one attached hydrogen (secondary N) is 1. The van der Waals surface area contributed by atoms with E-state index in [1.54, 1.807) is 0 Å². The molecule has 1 amide bonds. The summed E-state index contributed by atoms with van der Waals surface area (Å²) in [7, 11) is -3.15. The largest absolute Gasteiger partial charge is 0.342 e. The van der Waals surface area contributed by atoms with Gasteiger partial charge in [0, 0.05) is 32.2 Å². The highest BCUT2D eigenvalue weighted by Gasteiger charge is 2.27. The van der Waals surface area contributed by atoms with Crippen molar-refractivity contribution in [2.45, 2.75) is 38.1 Å². The lowest BCUT2D eigenvalue weighted by Crippen LogP contribution is -2.49. The molecule has 3 rings (SSSR count). The molecule has 7 heteroatoms.